The number of likely N-dealkylation sites (tertiary alicyclic amines) is 1. The molecular formula is C50H57Cl2NO4Si. The Balaban J connectivity index is 1.37. The van der Waals surface area contributed by atoms with Crippen molar-refractivity contribution in [2.24, 2.45) is 5.41 Å². The number of carbonyl (C=O) groups excluding carboxylic acids is 1. The summed E-state index contributed by atoms with van der Waals surface area (Å²) in [5.41, 5.74) is 2.41. The summed E-state index contributed by atoms with van der Waals surface area (Å²) < 4.78 is 19.1. The standard InChI is InChI=1S/C50H57Cl2NO4Si/c1-7-30-50(31-33-56-36-38-21-27-43(55-6)28-22-38)35-46(40-15-14-16-42(52)34-40)47(39-23-25-41(51)26-24-39)53(48(50)54)37(2)29-32-57-58(49(3,4)5,44-17-10-8-11-18-44)45-19-12-9-13-20-45/h7-28,34,37,46-47H,1,29-33,35-36H2,2-6H3/t37-,46+,47+,50+/m0/s1. The van der Waals surface area contributed by atoms with Crippen LogP contribution in [0.3, 0.4) is 0 Å². The van der Waals surface area contributed by atoms with Gasteiger partial charge in [-0.15, -0.1) is 6.58 Å². The zero-order valence-electron chi connectivity index (χ0n) is 34.5. The first-order valence-electron chi connectivity index (χ1n) is 20.3. The van der Waals surface area contributed by atoms with Gasteiger partial charge in [-0.3, -0.25) is 4.79 Å². The van der Waals surface area contributed by atoms with Crippen LogP contribution < -0.4 is 15.1 Å². The largest absolute Gasteiger partial charge is 0.497 e. The molecule has 0 bridgehead atoms. The molecule has 4 atom stereocenters. The molecule has 1 saturated heterocycles. The summed E-state index contributed by atoms with van der Waals surface area (Å²) >= 11 is 13.2. The third-order valence-corrected chi connectivity index (χ3v) is 17.4. The Bertz CT molecular complexity index is 2050. The van der Waals surface area contributed by atoms with E-state index in [1.165, 1.54) is 10.4 Å². The number of hydrogen-bond donors (Lipinski definition) is 0. The molecule has 0 aliphatic carbocycles. The number of methoxy groups -OCH3 is 1. The first kappa shape index (κ1) is 43.4. The molecule has 5 aromatic carbocycles. The van der Waals surface area contributed by atoms with Gasteiger partial charge < -0.3 is 18.8 Å². The van der Waals surface area contributed by atoms with E-state index >= 15 is 4.79 Å². The third kappa shape index (κ3) is 9.48. The molecule has 0 unspecified atom stereocenters. The summed E-state index contributed by atoms with van der Waals surface area (Å²) in [7, 11) is -1.15. The van der Waals surface area contributed by atoms with Crippen LogP contribution in [-0.2, 0) is 20.6 Å². The quantitative estimate of drug-likeness (QED) is 0.0532. The molecule has 1 heterocycles. The van der Waals surface area contributed by atoms with Gasteiger partial charge in [-0.2, -0.15) is 0 Å². The minimum absolute atomic E-state index is 0.0702. The van der Waals surface area contributed by atoms with Crippen molar-refractivity contribution in [1.82, 2.24) is 4.90 Å². The maximum Gasteiger partial charge on any atom is 0.261 e. The van der Waals surface area contributed by atoms with Gasteiger partial charge in [-0.1, -0.05) is 147 Å². The van der Waals surface area contributed by atoms with Crippen molar-refractivity contribution in [3.63, 3.8) is 0 Å². The highest BCUT2D eigenvalue weighted by Crippen LogP contribution is 2.54. The number of nitrogens with zero attached hydrogens (tertiary/aromatic N) is 1. The number of carbonyl (C=O) groups is 1. The highest BCUT2D eigenvalue weighted by molar-refractivity contribution is 6.99. The number of piperidine rings is 1. The van der Waals surface area contributed by atoms with E-state index in [1.54, 1.807) is 7.11 Å². The van der Waals surface area contributed by atoms with Gasteiger partial charge in [0, 0.05) is 35.2 Å². The Morgan fingerprint density at radius 3 is 2.03 bits per heavy atom. The average molecular weight is 835 g/mol. The average Bonchev–Trinajstić information content (AvgIpc) is 3.22. The van der Waals surface area contributed by atoms with E-state index in [9.17, 15) is 0 Å². The van der Waals surface area contributed by atoms with Gasteiger partial charge in [0.2, 0.25) is 5.91 Å². The van der Waals surface area contributed by atoms with E-state index in [4.69, 9.17) is 37.1 Å². The summed E-state index contributed by atoms with van der Waals surface area (Å²) in [6.45, 7) is 14.6. The smallest absolute Gasteiger partial charge is 0.261 e. The second-order valence-corrected chi connectivity index (χ2v) is 21.8. The van der Waals surface area contributed by atoms with Crippen molar-refractivity contribution < 1.29 is 18.7 Å². The number of hydrogen-bond acceptors (Lipinski definition) is 4. The van der Waals surface area contributed by atoms with Crippen molar-refractivity contribution in [2.45, 2.75) is 83.0 Å². The Labute approximate surface area is 357 Å². The first-order valence-corrected chi connectivity index (χ1v) is 23.0. The van der Waals surface area contributed by atoms with Gasteiger partial charge in [0.05, 0.1) is 25.2 Å². The number of amides is 1. The molecule has 1 amide bonds. The van der Waals surface area contributed by atoms with E-state index < -0.39 is 13.7 Å². The Morgan fingerprint density at radius 2 is 1.47 bits per heavy atom. The normalized spacial score (nSPS) is 19.2. The molecule has 5 aromatic rings. The number of allylic oxidation sites excluding steroid dienone is 1. The Kier molecular flexibility index (Phi) is 14.4. The predicted molar refractivity (Wildman–Crippen MR) is 242 cm³/mol. The van der Waals surface area contributed by atoms with Crippen LogP contribution in [0.2, 0.25) is 15.1 Å². The van der Waals surface area contributed by atoms with Crippen LogP contribution in [-0.4, -0.2) is 45.5 Å². The van der Waals surface area contributed by atoms with E-state index in [1.807, 2.05) is 54.6 Å². The molecule has 58 heavy (non-hydrogen) atoms. The van der Waals surface area contributed by atoms with E-state index in [0.717, 1.165) is 22.4 Å². The maximum atomic E-state index is 15.6. The zero-order chi connectivity index (χ0) is 41.3. The van der Waals surface area contributed by atoms with Gasteiger partial charge in [0.1, 0.15) is 5.75 Å². The Morgan fingerprint density at radius 1 is 0.828 bits per heavy atom. The van der Waals surface area contributed by atoms with Crippen molar-refractivity contribution in [3.8, 4) is 5.75 Å². The first-order chi connectivity index (χ1) is 27.9. The maximum absolute atomic E-state index is 15.6. The molecule has 0 radical (unpaired) electrons. The van der Waals surface area contributed by atoms with Crippen LogP contribution in [0.5, 0.6) is 5.75 Å². The molecule has 0 spiro atoms. The summed E-state index contributed by atoms with van der Waals surface area (Å²) in [5, 5.41) is 3.61. The van der Waals surface area contributed by atoms with Crippen molar-refractivity contribution >= 4 is 47.8 Å². The molecular weight excluding hydrogens is 778 g/mol. The minimum atomic E-state index is -2.81. The van der Waals surface area contributed by atoms with E-state index in [2.05, 4.69) is 124 Å². The molecule has 304 valence electrons. The fourth-order valence-electron chi connectivity index (χ4n) is 9.00. The second kappa shape index (κ2) is 19.3. The monoisotopic (exact) mass is 833 g/mol. The van der Waals surface area contributed by atoms with Crippen LogP contribution in [0.15, 0.2) is 146 Å². The van der Waals surface area contributed by atoms with E-state index in [0.29, 0.717) is 55.5 Å². The molecule has 5 nitrogen and oxygen atoms in total. The molecule has 6 rings (SSSR count). The third-order valence-electron chi connectivity index (χ3n) is 11.9. The van der Waals surface area contributed by atoms with Crippen LogP contribution in [0.1, 0.15) is 82.0 Å². The molecule has 1 aliphatic heterocycles. The van der Waals surface area contributed by atoms with Crippen LogP contribution in [0, 0.1) is 5.41 Å². The predicted octanol–water partition coefficient (Wildman–Crippen LogP) is 11.6. The highest BCUT2D eigenvalue weighted by Gasteiger charge is 2.53. The van der Waals surface area contributed by atoms with Crippen LogP contribution >= 0.6 is 23.2 Å². The minimum Gasteiger partial charge on any atom is -0.497 e. The summed E-state index contributed by atoms with van der Waals surface area (Å²) in [5.74, 6) is 0.839. The van der Waals surface area contributed by atoms with Gasteiger partial charge in [0.25, 0.3) is 8.32 Å². The topological polar surface area (TPSA) is 48.0 Å². The number of ether oxygens (including phenoxy) is 2. The molecule has 0 aromatic heterocycles. The molecule has 0 saturated carbocycles. The lowest BCUT2D eigenvalue weighted by atomic mass is 9.64. The number of rotatable bonds is 17. The summed E-state index contributed by atoms with van der Waals surface area (Å²) in [4.78, 5) is 17.7. The number of halogens is 2. The van der Waals surface area contributed by atoms with Gasteiger partial charge in [0.15, 0.2) is 0 Å². The lowest BCUT2D eigenvalue weighted by Gasteiger charge is -2.53. The summed E-state index contributed by atoms with van der Waals surface area (Å²) in [6.07, 6.45) is 4.21. The second-order valence-electron chi connectivity index (χ2n) is 16.6. The zero-order valence-corrected chi connectivity index (χ0v) is 37.0. The lowest BCUT2D eigenvalue weighted by molar-refractivity contribution is -0.157. The van der Waals surface area contributed by atoms with Crippen LogP contribution in [0.4, 0.5) is 0 Å². The van der Waals surface area contributed by atoms with E-state index in [-0.39, 0.29) is 28.9 Å². The molecule has 0 N–H and O–H groups in total. The molecule has 8 heteroatoms. The summed E-state index contributed by atoms with van der Waals surface area (Å²) in [6, 6.07) is 44.9. The molecule has 1 fully saturated rings. The fourth-order valence-corrected chi connectivity index (χ4v) is 13.9. The fraction of sp³-hybridized carbons (Fsp3) is 0.340. The molecule has 1 aliphatic rings. The number of benzene rings is 5. The van der Waals surface area contributed by atoms with Gasteiger partial charge in [-0.25, -0.2) is 0 Å². The lowest BCUT2D eigenvalue weighted by Crippen LogP contribution is -2.66. The van der Waals surface area contributed by atoms with Gasteiger partial charge >= 0.3 is 0 Å². The van der Waals surface area contributed by atoms with Crippen molar-refractivity contribution in [1.29, 1.82) is 0 Å². The highest BCUT2D eigenvalue weighted by atomic mass is 35.5. The Hall–Kier alpha value is -4.17. The SMILES string of the molecule is C=CC[C@@]1(CCOCc2ccc(OC)cc2)C[C@H](c2cccc(Cl)c2)[C@@H](c2ccc(Cl)cc2)N([C@@H](C)CCO[Si](c2ccccc2)(c2ccccc2)C(C)(C)C)C1=O. The van der Waals surface area contributed by atoms with Crippen LogP contribution in [0.25, 0.3) is 0 Å². The van der Waals surface area contributed by atoms with Gasteiger partial charge in [-0.05, 0) is 101 Å². The van der Waals surface area contributed by atoms with Crippen molar-refractivity contribution in [2.75, 3.05) is 20.3 Å². The van der Waals surface area contributed by atoms with Crippen molar-refractivity contribution in [3.05, 3.63) is 173 Å².